The Morgan fingerprint density at radius 3 is 2.09 bits per heavy atom. The van der Waals surface area contributed by atoms with Crippen LogP contribution in [0.25, 0.3) is 0 Å². The molecule has 1 saturated heterocycles. The quantitative estimate of drug-likeness (QED) is 0.558. The van der Waals surface area contributed by atoms with Crippen molar-refractivity contribution in [3.63, 3.8) is 0 Å². The van der Waals surface area contributed by atoms with Crippen LogP contribution in [0.15, 0.2) is 30.3 Å². The molecule has 2 saturated carbocycles. The Morgan fingerprint density at radius 2 is 1.56 bits per heavy atom. The third kappa shape index (κ3) is 5.76. The molecule has 1 aromatic rings. The van der Waals surface area contributed by atoms with Gasteiger partial charge in [-0.3, -0.25) is 0 Å². The first kappa shape index (κ1) is 26.5. The van der Waals surface area contributed by atoms with E-state index in [1.807, 2.05) is 65.0 Å². The summed E-state index contributed by atoms with van der Waals surface area (Å²) in [6.45, 7) is 11.0. The Hall–Kier alpha value is -2.08. The lowest BCUT2D eigenvalue weighted by Gasteiger charge is -2.51. The van der Waals surface area contributed by atoms with E-state index in [9.17, 15) is 14.7 Å². The summed E-state index contributed by atoms with van der Waals surface area (Å²) in [6, 6.07) is 9.27. The summed E-state index contributed by atoms with van der Waals surface area (Å²) in [5.74, 6) is -0.592. The minimum Gasteiger partial charge on any atom is -0.460 e. The molecule has 1 aliphatic heterocycles. The number of aliphatic hydroxyl groups is 1. The molecule has 1 N–H and O–H groups in total. The van der Waals surface area contributed by atoms with Gasteiger partial charge in [-0.05, 0) is 70.3 Å². The Morgan fingerprint density at radius 1 is 1.00 bits per heavy atom. The highest BCUT2D eigenvalue weighted by Crippen LogP contribution is 2.51. The van der Waals surface area contributed by atoms with Crippen LogP contribution in [0.2, 0.25) is 0 Å². The van der Waals surface area contributed by atoms with Gasteiger partial charge in [0.15, 0.2) is 5.60 Å². The third-order valence-electron chi connectivity index (χ3n) is 7.54. The summed E-state index contributed by atoms with van der Waals surface area (Å²) in [4.78, 5) is 27.4. The largest absolute Gasteiger partial charge is 0.460 e. The fourth-order valence-corrected chi connectivity index (χ4v) is 5.69. The van der Waals surface area contributed by atoms with E-state index >= 15 is 0 Å². The molecule has 1 atom stereocenters. The molecule has 1 unspecified atom stereocenters. The molecule has 2 aliphatic carbocycles. The maximum Gasteiger partial charge on any atom is 0.410 e. The number of rotatable bonds is 4. The van der Waals surface area contributed by atoms with Gasteiger partial charge in [-0.25, -0.2) is 9.59 Å². The first-order chi connectivity index (χ1) is 16.1. The normalized spacial score (nSPS) is 22.2. The maximum absolute atomic E-state index is 13.3. The van der Waals surface area contributed by atoms with Crippen LogP contribution >= 0.6 is 0 Å². The van der Waals surface area contributed by atoms with E-state index < -0.39 is 17.2 Å². The van der Waals surface area contributed by atoms with Gasteiger partial charge in [0.05, 0.1) is 0 Å². The second kappa shape index (κ2) is 10.7. The van der Waals surface area contributed by atoms with Gasteiger partial charge in [0.1, 0.15) is 11.7 Å². The summed E-state index contributed by atoms with van der Waals surface area (Å²) >= 11 is 0. The van der Waals surface area contributed by atoms with Crippen LogP contribution in [0.5, 0.6) is 0 Å². The number of esters is 1. The zero-order valence-corrected chi connectivity index (χ0v) is 21.6. The molecule has 1 heterocycles. The van der Waals surface area contributed by atoms with Gasteiger partial charge >= 0.3 is 12.1 Å². The summed E-state index contributed by atoms with van der Waals surface area (Å²) in [7, 11) is 0. The van der Waals surface area contributed by atoms with Gasteiger partial charge < -0.3 is 19.5 Å². The Labute approximate surface area is 205 Å². The van der Waals surface area contributed by atoms with Gasteiger partial charge in [-0.15, -0.1) is 0 Å². The molecule has 1 aromatic carbocycles. The SMILES string of the molecule is CC.CC(C)(C)OC(=O)N1CCC2(CC1)CC(OC(=O)C(O)(c1ccccc1)C1CCCC1)C2. The fourth-order valence-electron chi connectivity index (χ4n) is 5.69. The molecule has 1 spiro atoms. The van der Waals surface area contributed by atoms with Crippen molar-refractivity contribution < 1.29 is 24.2 Å². The predicted molar refractivity (Wildman–Crippen MR) is 132 cm³/mol. The van der Waals surface area contributed by atoms with Crippen LogP contribution < -0.4 is 0 Å². The van der Waals surface area contributed by atoms with Crippen molar-refractivity contribution in [3.8, 4) is 0 Å². The summed E-state index contributed by atoms with van der Waals surface area (Å²) < 4.78 is 11.4. The second-order valence-electron chi connectivity index (χ2n) is 11.0. The van der Waals surface area contributed by atoms with E-state index in [1.165, 1.54) is 0 Å². The Kier molecular flexibility index (Phi) is 8.33. The number of ether oxygens (including phenoxy) is 2. The van der Waals surface area contributed by atoms with Crippen LogP contribution in [-0.4, -0.2) is 46.9 Å². The summed E-state index contributed by atoms with van der Waals surface area (Å²) in [5.41, 5.74) is -1.30. The Balaban J connectivity index is 0.00000158. The highest BCUT2D eigenvalue weighted by molar-refractivity contribution is 5.82. The van der Waals surface area contributed by atoms with E-state index in [4.69, 9.17) is 9.47 Å². The third-order valence-corrected chi connectivity index (χ3v) is 7.54. The minimum atomic E-state index is -1.57. The number of amides is 1. The average molecular weight is 474 g/mol. The summed E-state index contributed by atoms with van der Waals surface area (Å²) in [5, 5.41) is 11.6. The number of hydrogen-bond acceptors (Lipinski definition) is 5. The van der Waals surface area contributed by atoms with Gasteiger partial charge in [-0.2, -0.15) is 0 Å². The topological polar surface area (TPSA) is 76.1 Å². The van der Waals surface area contributed by atoms with Crippen LogP contribution in [-0.2, 0) is 19.9 Å². The number of hydrogen-bond donors (Lipinski definition) is 1. The lowest BCUT2D eigenvalue weighted by atomic mass is 9.61. The summed E-state index contributed by atoms with van der Waals surface area (Å²) in [6.07, 6.45) is 6.74. The maximum atomic E-state index is 13.3. The van der Waals surface area contributed by atoms with E-state index in [-0.39, 0.29) is 23.5 Å². The molecule has 190 valence electrons. The average Bonchev–Trinajstić information content (AvgIpc) is 3.34. The van der Waals surface area contributed by atoms with Gasteiger partial charge in [-0.1, -0.05) is 57.0 Å². The van der Waals surface area contributed by atoms with Crippen molar-refractivity contribution in [3.05, 3.63) is 35.9 Å². The molecule has 6 heteroatoms. The monoisotopic (exact) mass is 473 g/mol. The van der Waals surface area contributed by atoms with Crippen LogP contribution in [0.3, 0.4) is 0 Å². The molecule has 3 aliphatic rings. The van der Waals surface area contributed by atoms with E-state index in [2.05, 4.69) is 0 Å². The zero-order chi connectivity index (χ0) is 25.0. The lowest BCUT2D eigenvalue weighted by molar-refractivity contribution is -0.192. The van der Waals surface area contributed by atoms with Crippen molar-refractivity contribution in [2.75, 3.05) is 13.1 Å². The molecule has 34 heavy (non-hydrogen) atoms. The van der Waals surface area contributed by atoms with Crippen LogP contribution in [0.1, 0.15) is 91.5 Å². The van der Waals surface area contributed by atoms with Crippen molar-refractivity contribution in [1.82, 2.24) is 4.90 Å². The van der Waals surface area contributed by atoms with Crippen molar-refractivity contribution in [2.24, 2.45) is 11.3 Å². The van der Waals surface area contributed by atoms with Crippen molar-refractivity contribution in [2.45, 2.75) is 103 Å². The number of nitrogens with zero attached hydrogens (tertiary/aromatic N) is 1. The number of carbonyl (C=O) groups excluding carboxylic acids is 2. The Bertz CT molecular complexity index is 811. The van der Waals surface area contributed by atoms with E-state index in [0.29, 0.717) is 18.7 Å². The fraction of sp³-hybridized carbons (Fsp3) is 0.714. The lowest BCUT2D eigenvalue weighted by Crippen LogP contribution is -2.53. The van der Waals surface area contributed by atoms with E-state index in [1.54, 1.807) is 4.90 Å². The first-order valence-electron chi connectivity index (χ1n) is 13.1. The zero-order valence-electron chi connectivity index (χ0n) is 21.6. The second-order valence-corrected chi connectivity index (χ2v) is 11.0. The van der Waals surface area contributed by atoms with Gasteiger partial charge in [0.2, 0.25) is 0 Å². The molecule has 0 aromatic heterocycles. The van der Waals surface area contributed by atoms with E-state index in [0.717, 1.165) is 51.4 Å². The van der Waals surface area contributed by atoms with Crippen LogP contribution in [0.4, 0.5) is 4.79 Å². The molecule has 6 nitrogen and oxygen atoms in total. The van der Waals surface area contributed by atoms with Crippen molar-refractivity contribution in [1.29, 1.82) is 0 Å². The molecule has 4 rings (SSSR count). The molecular formula is C28H43NO5. The highest BCUT2D eigenvalue weighted by atomic mass is 16.6. The molecule has 1 amide bonds. The number of piperidine rings is 1. The standard InChI is InChI=1S/C26H37NO5.C2H6/c1-24(2,3)32-23(29)27-15-13-25(14-16-27)17-21(18-25)31-22(28)26(30,20-11-7-8-12-20)19-9-5-4-6-10-19;1-2/h4-6,9-10,20-21,30H,7-8,11-18H2,1-3H3;1-2H3. The predicted octanol–water partition coefficient (Wildman–Crippen LogP) is 5.81. The molecule has 0 bridgehead atoms. The number of carbonyl (C=O) groups is 2. The minimum absolute atomic E-state index is 0.0940. The number of likely N-dealkylation sites (tertiary alicyclic amines) is 1. The number of benzene rings is 1. The van der Waals surface area contributed by atoms with Crippen LogP contribution in [0, 0.1) is 11.3 Å². The smallest absolute Gasteiger partial charge is 0.410 e. The molecule has 3 fully saturated rings. The highest BCUT2D eigenvalue weighted by Gasteiger charge is 2.52. The van der Waals surface area contributed by atoms with Crippen molar-refractivity contribution >= 4 is 12.1 Å². The first-order valence-corrected chi connectivity index (χ1v) is 13.1. The molecule has 0 radical (unpaired) electrons. The molecular weight excluding hydrogens is 430 g/mol. The van der Waals surface area contributed by atoms with Gasteiger partial charge in [0, 0.05) is 19.0 Å². The van der Waals surface area contributed by atoms with Gasteiger partial charge in [0.25, 0.3) is 0 Å².